The number of aromatic nitrogens is 3. The van der Waals surface area contributed by atoms with Crippen molar-refractivity contribution in [1.29, 1.82) is 0 Å². The number of carbonyl (C=O) groups is 2. The van der Waals surface area contributed by atoms with E-state index in [2.05, 4.69) is 20.4 Å². The van der Waals surface area contributed by atoms with Crippen LogP contribution in [0, 0.1) is 5.92 Å². The molecule has 0 aromatic carbocycles. The van der Waals surface area contributed by atoms with Gasteiger partial charge >= 0.3 is 6.18 Å². The smallest absolute Gasteiger partial charge is 0.344 e. The van der Waals surface area contributed by atoms with Gasteiger partial charge in [0.25, 0.3) is 0 Å². The first-order valence-corrected chi connectivity index (χ1v) is 9.08. The van der Waals surface area contributed by atoms with Crippen LogP contribution in [0.1, 0.15) is 44.3 Å². The van der Waals surface area contributed by atoms with Gasteiger partial charge in [-0.25, -0.2) is 0 Å². The van der Waals surface area contributed by atoms with Crippen LogP contribution in [0.3, 0.4) is 0 Å². The van der Waals surface area contributed by atoms with Gasteiger partial charge in [-0.15, -0.1) is 0 Å². The monoisotopic (exact) mass is 411 g/mol. The Labute approximate surface area is 164 Å². The lowest BCUT2D eigenvalue weighted by molar-refractivity contribution is -0.141. The van der Waals surface area contributed by atoms with Crippen LogP contribution in [-0.2, 0) is 15.8 Å². The number of hydrogen-bond acceptors (Lipinski definition) is 6. The quantitative estimate of drug-likeness (QED) is 0.830. The zero-order valence-corrected chi connectivity index (χ0v) is 15.9. The number of piperidine rings is 1. The van der Waals surface area contributed by atoms with E-state index in [4.69, 9.17) is 4.52 Å². The van der Waals surface area contributed by atoms with Gasteiger partial charge in [0.15, 0.2) is 0 Å². The third-order valence-corrected chi connectivity index (χ3v) is 4.72. The lowest BCUT2D eigenvalue weighted by Crippen LogP contribution is -2.45. The number of hydrogen-bond donors (Lipinski definition) is 1. The highest BCUT2D eigenvalue weighted by Crippen LogP contribution is 2.30. The number of nitrogens with zero attached hydrogens (tertiary/aromatic N) is 4. The van der Waals surface area contributed by atoms with Crippen molar-refractivity contribution in [2.75, 3.05) is 13.1 Å². The highest BCUT2D eigenvalue weighted by atomic mass is 19.4. The molecule has 1 saturated heterocycles. The molecule has 156 valence electrons. The van der Waals surface area contributed by atoms with Crippen molar-refractivity contribution < 1.29 is 27.3 Å². The fourth-order valence-electron chi connectivity index (χ4n) is 3.12. The third kappa shape index (κ3) is 4.90. The molecule has 2 atom stereocenters. The number of amides is 2. The first-order chi connectivity index (χ1) is 13.6. The van der Waals surface area contributed by atoms with E-state index in [0.717, 1.165) is 18.7 Å². The Hall–Kier alpha value is -2.98. The first kappa shape index (κ1) is 20.7. The fraction of sp³-hybridized carbons (Fsp3) is 0.500. The second-order valence-electron chi connectivity index (χ2n) is 6.92. The van der Waals surface area contributed by atoms with Crippen LogP contribution < -0.4 is 5.32 Å². The molecule has 2 amide bonds. The number of pyridine rings is 1. The number of nitrogens with one attached hydrogen (secondary N) is 1. The van der Waals surface area contributed by atoms with E-state index < -0.39 is 17.9 Å². The molecule has 8 nitrogen and oxygen atoms in total. The Kier molecular flexibility index (Phi) is 5.85. The van der Waals surface area contributed by atoms with Crippen LogP contribution in [0.4, 0.5) is 13.2 Å². The van der Waals surface area contributed by atoms with Gasteiger partial charge < -0.3 is 14.7 Å². The molecule has 1 N–H and O–H groups in total. The summed E-state index contributed by atoms with van der Waals surface area (Å²) < 4.78 is 43.6. The van der Waals surface area contributed by atoms with E-state index in [1.54, 1.807) is 11.8 Å². The lowest BCUT2D eigenvalue weighted by Gasteiger charge is -2.31. The predicted molar refractivity (Wildman–Crippen MR) is 94.1 cm³/mol. The maximum Gasteiger partial charge on any atom is 0.433 e. The molecule has 0 aliphatic carbocycles. The fourth-order valence-corrected chi connectivity index (χ4v) is 3.12. The van der Waals surface area contributed by atoms with Gasteiger partial charge in [-0.05, 0) is 31.9 Å². The molecule has 0 spiro atoms. The van der Waals surface area contributed by atoms with Crippen LogP contribution in [0.2, 0.25) is 0 Å². The molecule has 3 heterocycles. The van der Waals surface area contributed by atoms with Crippen molar-refractivity contribution in [2.45, 2.75) is 38.9 Å². The van der Waals surface area contributed by atoms with E-state index in [1.807, 2.05) is 0 Å². The summed E-state index contributed by atoms with van der Waals surface area (Å²) in [6.45, 7) is 4.08. The van der Waals surface area contributed by atoms with Gasteiger partial charge in [-0.1, -0.05) is 5.16 Å². The maximum atomic E-state index is 12.8. The molecule has 29 heavy (non-hydrogen) atoms. The van der Waals surface area contributed by atoms with Gasteiger partial charge in [0.05, 0.1) is 5.92 Å². The van der Waals surface area contributed by atoms with Crippen LogP contribution >= 0.6 is 0 Å². The van der Waals surface area contributed by atoms with Gasteiger partial charge in [0.2, 0.25) is 23.5 Å². The van der Waals surface area contributed by atoms with Crippen LogP contribution in [0.15, 0.2) is 22.9 Å². The highest BCUT2D eigenvalue weighted by molar-refractivity contribution is 5.81. The van der Waals surface area contributed by atoms with Gasteiger partial charge in [0, 0.05) is 31.8 Å². The molecule has 0 radical (unpaired) electrons. The molecule has 11 heteroatoms. The summed E-state index contributed by atoms with van der Waals surface area (Å²) >= 11 is 0. The number of halogens is 3. The molecule has 2 aromatic rings. The number of likely N-dealkylation sites (tertiary alicyclic amines) is 1. The molecule has 1 aliphatic heterocycles. The van der Waals surface area contributed by atoms with Crippen LogP contribution in [-0.4, -0.2) is 44.9 Å². The van der Waals surface area contributed by atoms with Crippen LogP contribution in [0.5, 0.6) is 0 Å². The molecular weight excluding hydrogens is 391 g/mol. The largest absolute Gasteiger partial charge is 0.433 e. The Bertz CT molecular complexity index is 899. The zero-order chi connectivity index (χ0) is 21.2. The Morgan fingerprint density at radius 3 is 2.83 bits per heavy atom. The molecule has 1 unspecified atom stereocenters. The Balaban J connectivity index is 1.67. The predicted octanol–water partition coefficient (Wildman–Crippen LogP) is 2.59. The summed E-state index contributed by atoms with van der Waals surface area (Å²) in [5, 5.41) is 6.46. The number of alkyl halides is 3. The topological polar surface area (TPSA) is 101 Å². The van der Waals surface area contributed by atoms with Crippen molar-refractivity contribution in [1.82, 2.24) is 25.3 Å². The number of carbonyl (C=O) groups excluding carboxylic acids is 2. The minimum Gasteiger partial charge on any atom is -0.344 e. The lowest BCUT2D eigenvalue weighted by atomic mass is 9.97. The van der Waals surface area contributed by atoms with E-state index in [-0.39, 0.29) is 35.0 Å². The summed E-state index contributed by atoms with van der Waals surface area (Å²) in [5.74, 6) is -0.626. The molecule has 1 aliphatic rings. The average molecular weight is 411 g/mol. The van der Waals surface area contributed by atoms with Gasteiger partial charge in [-0.3, -0.25) is 14.6 Å². The Morgan fingerprint density at radius 1 is 1.38 bits per heavy atom. The molecule has 0 bridgehead atoms. The third-order valence-electron chi connectivity index (χ3n) is 4.72. The summed E-state index contributed by atoms with van der Waals surface area (Å²) in [7, 11) is 0. The van der Waals surface area contributed by atoms with E-state index in [1.165, 1.54) is 13.0 Å². The molecule has 2 aromatic heterocycles. The number of rotatable bonds is 4. The van der Waals surface area contributed by atoms with E-state index >= 15 is 0 Å². The highest BCUT2D eigenvalue weighted by Gasteiger charge is 2.33. The van der Waals surface area contributed by atoms with E-state index in [0.29, 0.717) is 19.5 Å². The van der Waals surface area contributed by atoms with Crippen molar-refractivity contribution >= 4 is 11.8 Å². The summed E-state index contributed by atoms with van der Waals surface area (Å²) in [5.41, 5.74) is -0.958. The maximum absolute atomic E-state index is 12.8. The minimum absolute atomic E-state index is 0.0329. The molecular formula is C18H20F3N5O3. The standard InChI is InChI=1S/C18H20F3N5O3/c1-10(23-16(28)13-4-3-7-26(9-13)11(2)27)17-24-15(25-29-17)12-5-6-22-14(8-12)18(19,20)21/h5-6,8,10,13H,3-4,7,9H2,1-2H3,(H,23,28)/t10-,13?/m0/s1. The second-order valence-corrected chi connectivity index (χ2v) is 6.92. The van der Waals surface area contributed by atoms with Gasteiger partial charge in [0.1, 0.15) is 11.7 Å². The van der Waals surface area contributed by atoms with Crippen molar-refractivity contribution in [3.63, 3.8) is 0 Å². The normalized spacial score (nSPS) is 18.4. The van der Waals surface area contributed by atoms with Gasteiger partial charge in [-0.2, -0.15) is 18.2 Å². The summed E-state index contributed by atoms with van der Waals surface area (Å²) in [4.78, 5) is 33.0. The molecule has 1 fully saturated rings. The van der Waals surface area contributed by atoms with Crippen molar-refractivity contribution in [3.05, 3.63) is 29.9 Å². The van der Waals surface area contributed by atoms with Crippen molar-refractivity contribution in [3.8, 4) is 11.4 Å². The van der Waals surface area contributed by atoms with Crippen LogP contribution in [0.25, 0.3) is 11.4 Å². The summed E-state index contributed by atoms with van der Waals surface area (Å²) in [6.07, 6.45) is -2.17. The average Bonchev–Trinajstić information content (AvgIpc) is 3.18. The second kappa shape index (κ2) is 8.18. The molecule has 3 rings (SSSR count). The summed E-state index contributed by atoms with van der Waals surface area (Å²) in [6, 6.07) is 1.53. The SMILES string of the molecule is CC(=O)N1CCCC(C(=O)N[C@@H](C)c2nc(-c3ccnc(C(F)(F)F)c3)no2)C1. The van der Waals surface area contributed by atoms with Crippen molar-refractivity contribution in [2.24, 2.45) is 5.92 Å². The minimum atomic E-state index is -4.59. The van der Waals surface area contributed by atoms with E-state index in [9.17, 15) is 22.8 Å². The Morgan fingerprint density at radius 2 is 2.14 bits per heavy atom. The first-order valence-electron chi connectivity index (χ1n) is 9.08. The zero-order valence-electron chi connectivity index (χ0n) is 15.9. The molecule has 0 saturated carbocycles.